The number of carbonyl (C=O) groups is 3. The van der Waals surface area contributed by atoms with Crippen molar-refractivity contribution in [3.05, 3.63) is 170 Å². The number of esters is 3. The van der Waals surface area contributed by atoms with E-state index < -0.39 is 12.1 Å². The van der Waals surface area contributed by atoms with Crippen molar-refractivity contribution in [1.29, 1.82) is 0 Å². The van der Waals surface area contributed by atoms with E-state index in [9.17, 15) is 14.4 Å². The van der Waals surface area contributed by atoms with Crippen molar-refractivity contribution >= 4 is 17.9 Å². The van der Waals surface area contributed by atoms with Gasteiger partial charge in [-0.2, -0.15) is 0 Å². The Morgan fingerprint density at radius 2 is 0.575 bits per heavy atom. The Morgan fingerprint density at radius 3 is 0.918 bits per heavy atom. The Kier molecular flexibility index (Phi) is 55.1. The molecule has 0 aromatic rings. The molecule has 0 aliphatic heterocycles. The van der Waals surface area contributed by atoms with Gasteiger partial charge in [0, 0.05) is 12.8 Å². The highest BCUT2D eigenvalue weighted by molar-refractivity contribution is 5.72. The normalized spacial score (nSPS) is 13.4. The van der Waals surface area contributed by atoms with Gasteiger partial charge >= 0.3 is 17.9 Å². The minimum absolute atomic E-state index is 0.0808. The Balaban J connectivity index is 4.45. The van der Waals surface area contributed by atoms with Gasteiger partial charge in [-0.15, -0.1) is 0 Å². The Bertz CT molecular complexity index is 1720. The summed E-state index contributed by atoms with van der Waals surface area (Å²) in [5.74, 6) is -1.12. The minimum Gasteiger partial charge on any atom is -0.462 e. The summed E-state index contributed by atoms with van der Waals surface area (Å²) in [6.45, 7) is 6.23. The van der Waals surface area contributed by atoms with E-state index in [-0.39, 0.29) is 31.6 Å². The van der Waals surface area contributed by atoms with Gasteiger partial charge in [-0.1, -0.05) is 236 Å². The molecule has 0 saturated carbocycles. The molecule has 0 fully saturated rings. The van der Waals surface area contributed by atoms with E-state index in [0.29, 0.717) is 19.3 Å². The van der Waals surface area contributed by atoms with Crippen LogP contribution in [0.3, 0.4) is 0 Å². The van der Waals surface area contributed by atoms with E-state index in [1.54, 1.807) is 6.08 Å². The molecule has 0 aromatic carbocycles. The van der Waals surface area contributed by atoms with Gasteiger partial charge in [-0.3, -0.25) is 14.4 Å². The lowest BCUT2D eigenvalue weighted by Crippen LogP contribution is -2.30. The fourth-order valence-electron chi connectivity index (χ4n) is 6.98. The molecule has 0 rings (SSSR count). The molecule has 0 bridgehead atoms. The Hall–Kier alpha value is -5.23. The van der Waals surface area contributed by atoms with Crippen molar-refractivity contribution in [1.82, 2.24) is 0 Å². The molecule has 1 atom stereocenters. The Labute approximate surface area is 447 Å². The largest absolute Gasteiger partial charge is 0.462 e. The summed E-state index contributed by atoms with van der Waals surface area (Å²) < 4.78 is 16.7. The first-order chi connectivity index (χ1) is 36.0. The summed E-state index contributed by atoms with van der Waals surface area (Å²) in [5, 5.41) is 0. The van der Waals surface area contributed by atoms with E-state index in [0.717, 1.165) is 148 Å². The summed E-state index contributed by atoms with van der Waals surface area (Å²) in [5.41, 5.74) is 0. The van der Waals surface area contributed by atoms with E-state index >= 15 is 0 Å². The number of unbranched alkanes of at least 4 members (excludes halogenated alkanes) is 11. The molecule has 406 valence electrons. The third-order valence-corrected chi connectivity index (χ3v) is 11.2. The average Bonchev–Trinajstić information content (AvgIpc) is 3.39. The first-order valence-corrected chi connectivity index (χ1v) is 28.6. The Morgan fingerprint density at radius 1 is 0.301 bits per heavy atom. The van der Waals surface area contributed by atoms with Crippen LogP contribution in [-0.2, 0) is 28.6 Å². The number of ether oxygens (including phenoxy) is 3. The van der Waals surface area contributed by atoms with E-state index in [1.807, 2.05) is 6.08 Å². The highest BCUT2D eigenvalue weighted by Gasteiger charge is 2.19. The zero-order chi connectivity index (χ0) is 52.9. The molecule has 0 N–H and O–H groups in total. The molecule has 73 heavy (non-hydrogen) atoms. The van der Waals surface area contributed by atoms with Gasteiger partial charge in [0.2, 0.25) is 0 Å². The maximum absolute atomic E-state index is 12.8. The highest BCUT2D eigenvalue weighted by atomic mass is 16.6. The smallest absolute Gasteiger partial charge is 0.310 e. The van der Waals surface area contributed by atoms with E-state index in [2.05, 4.69) is 179 Å². The predicted octanol–water partition coefficient (Wildman–Crippen LogP) is 19.5. The molecular formula is C67H102O6. The van der Waals surface area contributed by atoms with Gasteiger partial charge in [0.15, 0.2) is 6.10 Å². The number of hydrogen-bond acceptors (Lipinski definition) is 6. The molecule has 0 aliphatic rings. The fraction of sp³-hybridized carbons (Fsp3) is 0.537. The SMILES string of the molecule is CC/C=C\C/C=C\C/C=C\C/C=C\C/C=C\C/C=C\C/C=C\C/C=C\CCCCCCC(=O)OCC(COC(=O)CCCCCCC/C=C\CCCC)OC(=O)C/C=C\C/C=C\C/C=C\C/C=C\C/C=C\CC. The van der Waals surface area contributed by atoms with Crippen molar-refractivity contribution in [2.45, 2.75) is 219 Å². The second kappa shape index (κ2) is 59.3. The van der Waals surface area contributed by atoms with Gasteiger partial charge < -0.3 is 14.2 Å². The average molecular weight is 1000 g/mol. The van der Waals surface area contributed by atoms with E-state index in [1.165, 1.54) is 19.3 Å². The van der Waals surface area contributed by atoms with Crippen LogP contribution in [0.15, 0.2) is 170 Å². The lowest BCUT2D eigenvalue weighted by Gasteiger charge is -2.18. The topological polar surface area (TPSA) is 78.9 Å². The number of carbonyl (C=O) groups excluding carboxylic acids is 3. The summed E-state index contributed by atoms with van der Waals surface area (Å²) in [7, 11) is 0. The first-order valence-electron chi connectivity index (χ1n) is 28.6. The summed E-state index contributed by atoms with van der Waals surface area (Å²) >= 11 is 0. The second-order valence-electron chi connectivity index (χ2n) is 18.1. The van der Waals surface area contributed by atoms with Crippen LogP contribution < -0.4 is 0 Å². The first kappa shape index (κ1) is 67.8. The molecule has 1 unspecified atom stereocenters. The molecule has 0 aliphatic carbocycles. The highest BCUT2D eigenvalue weighted by Crippen LogP contribution is 2.11. The van der Waals surface area contributed by atoms with Crippen molar-refractivity contribution in [2.24, 2.45) is 0 Å². The van der Waals surface area contributed by atoms with Gasteiger partial charge in [0.25, 0.3) is 0 Å². The summed E-state index contributed by atoms with van der Waals surface area (Å²) in [6, 6.07) is 0. The van der Waals surface area contributed by atoms with Crippen LogP contribution in [0.2, 0.25) is 0 Å². The summed E-state index contributed by atoms with van der Waals surface area (Å²) in [4.78, 5) is 38.0. The lowest BCUT2D eigenvalue weighted by molar-refractivity contribution is -0.166. The molecule has 6 heteroatoms. The van der Waals surface area contributed by atoms with Crippen LogP contribution in [0.4, 0.5) is 0 Å². The fourth-order valence-corrected chi connectivity index (χ4v) is 6.98. The van der Waals surface area contributed by atoms with Crippen molar-refractivity contribution < 1.29 is 28.6 Å². The maximum atomic E-state index is 12.8. The third-order valence-electron chi connectivity index (χ3n) is 11.2. The van der Waals surface area contributed by atoms with Gasteiger partial charge in [0.1, 0.15) is 13.2 Å². The monoisotopic (exact) mass is 1000 g/mol. The minimum atomic E-state index is -0.855. The van der Waals surface area contributed by atoms with Crippen LogP contribution in [0.5, 0.6) is 0 Å². The van der Waals surface area contributed by atoms with Crippen molar-refractivity contribution in [3.8, 4) is 0 Å². The number of hydrogen-bond donors (Lipinski definition) is 0. The van der Waals surface area contributed by atoms with Crippen LogP contribution in [0.25, 0.3) is 0 Å². The standard InChI is InChI=1S/C67H102O6/c1-4-7-10-13-16-19-22-24-26-27-28-29-30-31-32-33-34-35-36-37-38-39-41-42-45-48-51-54-57-60-66(69)72-63-64(62-71-65(68)59-56-53-50-47-44-21-18-15-12-9-6-3)73-67(70)61-58-55-52-49-46-43-40-25-23-20-17-14-11-8-5-2/h7-8,10-11,15-20,24-26,28-29,31-32,34-35,37-38,40-42,46,49,55,58,64H,4-6,9,12-14,21-23,27,30,33,36,39,43-45,47-48,50-54,56-57,59-63H2,1-3H3/b10-7-,11-8-,18-15-,19-16-,20-17-,26-24-,29-28-,32-31-,35-34-,38-37-,40-25-,42-41-,49-46-,58-55-. The molecule has 6 nitrogen and oxygen atoms in total. The quantitative estimate of drug-likeness (QED) is 0.0261. The van der Waals surface area contributed by atoms with Crippen LogP contribution in [0, 0.1) is 0 Å². The third kappa shape index (κ3) is 57.5. The van der Waals surface area contributed by atoms with Crippen molar-refractivity contribution in [3.63, 3.8) is 0 Å². The molecule has 0 saturated heterocycles. The molecular weight excluding hydrogens is 901 g/mol. The lowest BCUT2D eigenvalue weighted by atomic mass is 10.1. The van der Waals surface area contributed by atoms with Gasteiger partial charge in [-0.25, -0.2) is 0 Å². The van der Waals surface area contributed by atoms with E-state index in [4.69, 9.17) is 14.2 Å². The zero-order valence-electron chi connectivity index (χ0n) is 46.3. The molecule has 0 amide bonds. The summed E-state index contributed by atoms with van der Waals surface area (Å²) in [6.07, 6.45) is 88.1. The second-order valence-corrected chi connectivity index (χ2v) is 18.1. The molecule has 0 heterocycles. The molecule has 0 spiro atoms. The zero-order valence-corrected chi connectivity index (χ0v) is 46.3. The molecule has 0 aromatic heterocycles. The number of allylic oxidation sites excluding steroid dienone is 27. The predicted molar refractivity (Wildman–Crippen MR) is 315 cm³/mol. The van der Waals surface area contributed by atoms with Crippen LogP contribution in [-0.4, -0.2) is 37.2 Å². The van der Waals surface area contributed by atoms with Crippen LogP contribution in [0.1, 0.15) is 213 Å². The van der Waals surface area contributed by atoms with Gasteiger partial charge in [-0.05, 0) is 128 Å². The molecule has 0 radical (unpaired) electrons. The number of rotatable bonds is 49. The maximum Gasteiger partial charge on any atom is 0.310 e. The van der Waals surface area contributed by atoms with Crippen molar-refractivity contribution in [2.75, 3.05) is 13.2 Å². The van der Waals surface area contributed by atoms with Crippen LogP contribution >= 0.6 is 0 Å². The van der Waals surface area contributed by atoms with Gasteiger partial charge in [0.05, 0.1) is 6.42 Å².